The average molecular weight is 453 g/mol. The molecule has 0 atom stereocenters. The fraction of sp³-hybridized carbons (Fsp3) is 0.158. The Morgan fingerprint density at radius 1 is 0.968 bits per heavy atom. The number of fused-ring (bicyclic) bond motifs is 1. The van der Waals surface area contributed by atoms with E-state index in [1.54, 1.807) is 16.6 Å². The van der Waals surface area contributed by atoms with Gasteiger partial charge in [0.15, 0.2) is 29.1 Å². The second-order valence-electron chi connectivity index (χ2n) is 6.44. The van der Waals surface area contributed by atoms with E-state index >= 15 is 0 Å². The van der Waals surface area contributed by atoms with Crippen LogP contribution in [0.25, 0.3) is 15.5 Å². The number of nitrogens with zero attached hydrogens (tertiary/aromatic N) is 4. The molecule has 4 aromatic rings. The molecular weight excluding hydrogens is 441 g/mol. The molecule has 12 heteroatoms. The highest BCUT2D eigenvalue weighted by Crippen LogP contribution is 2.28. The summed E-state index contributed by atoms with van der Waals surface area (Å²) in [5.41, 5.74) is -0.794. The Morgan fingerprint density at radius 3 is 2.19 bits per heavy atom. The van der Waals surface area contributed by atoms with Crippen LogP contribution < -0.4 is 5.32 Å². The molecule has 6 nitrogen and oxygen atoms in total. The molecule has 31 heavy (non-hydrogen) atoms. The van der Waals surface area contributed by atoms with Crippen molar-refractivity contribution in [3.05, 3.63) is 64.7 Å². The lowest BCUT2D eigenvalue weighted by atomic mass is 10.1. The summed E-state index contributed by atoms with van der Waals surface area (Å²) in [7, 11) is 0. The zero-order chi connectivity index (χ0) is 22.3. The quantitative estimate of drug-likeness (QED) is 0.269. The number of amides is 1. The van der Waals surface area contributed by atoms with Crippen molar-refractivity contribution in [2.75, 3.05) is 5.32 Å². The maximum atomic E-state index is 13.8. The van der Waals surface area contributed by atoms with Crippen molar-refractivity contribution in [1.29, 1.82) is 0 Å². The summed E-state index contributed by atoms with van der Waals surface area (Å²) in [6.45, 7) is 2.01. The van der Waals surface area contributed by atoms with E-state index in [9.17, 15) is 26.7 Å². The monoisotopic (exact) mass is 453 g/mol. The highest BCUT2D eigenvalue weighted by molar-refractivity contribution is 7.19. The molecular formula is C19H12F5N5OS. The van der Waals surface area contributed by atoms with Gasteiger partial charge in [-0.05, 0) is 30.7 Å². The average Bonchev–Trinajstić information content (AvgIpc) is 3.34. The van der Waals surface area contributed by atoms with Crippen LogP contribution in [-0.2, 0) is 6.42 Å². The van der Waals surface area contributed by atoms with Gasteiger partial charge in [0.1, 0.15) is 10.6 Å². The fourth-order valence-corrected chi connectivity index (χ4v) is 3.71. The maximum Gasteiger partial charge on any atom is 0.261 e. The van der Waals surface area contributed by atoms with E-state index in [-0.39, 0.29) is 5.69 Å². The van der Waals surface area contributed by atoms with Crippen molar-refractivity contribution in [3.63, 3.8) is 0 Å². The molecule has 0 aliphatic heterocycles. The van der Waals surface area contributed by atoms with Crippen LogP contribution in [0.2, 0.25) is 0 Å². The first kappa shape index (κ1) is 20.8. The SMILES string of the molecule is CCCc1nnc2sc(-c3ccc(NC(=O)c4c(F)c(F)c(F)c(F)c4F)cc3)nn12. The first-order chi connectivity index (χ1) is 14.8. The molecule has 0 spiro atoms. The topological polar surface area (TPSA) is 72.2 Å². The van der Waals surface area contributed by atoms with Gasteiger partial charge in [-0.1, -0.05) is 18.3 Å². The third-order valence-electron chi connectivity index (χ3n) is 4.36. The standard InChI is InChI=1S/C19H12F5N5OS/c1-2-3-10-26-27-19-29(10)28-18(31-19)8-4-6-9(7-5-8)25-17(30)11-12(20)14(22)16(24)15(23)13(11)21/h4-7H,2-3H2,1H3,(H,25,30). The summed E-state index contributed by atoms with van der Waals surface area (Å²) < 4.78 is 69.0. The zero-order valence-corrected chi connectivity index (χ0v) is 16.5. The van der Waals surface area contributed by atoms with Crippen LogP contribution in [0.5, 0.6) is 0 Å². The Morgan fingerprint density at radius 2 is 1.58 bits per heavy atom. The van der Waals surface area contributed by atoms with Crippen LogP contribution in [0.3, 0.4) is 0 Å². The lowest BCUT2D eigenvalue weighted by Crippen LogP contribution is -2.19. The number of anilines is 1. The van der Waals surface area contributed by atoms with E-state index in [2.05, 4.69) is 20.6 Å². The Labute approximate surface area is 175 Å². The molecule has 0 unspecified atom stereocenters. The van der Waals surface area contributed by atoms with Crippen molar-refractivity contribution < 1.29 is 26.7 Å². The first-order valence-electron chi connectivity index (χ1n) is 8.96. The highest BCUT2D eigenvalue weighted by Gasteiger charge is 2.29. The third kappa shape index (κ3) is 3.63. The number of aromatic nitrogens is 4. The van der Waals surface area contributed by atoms with Crippen LogP contribution in [0.15, 0.2) is 24.3 Å². The van der Waals surface area contributed by atoms with Crippen molar-refractivity contribution in [2.24, 2.45) is 0 Å². The molecule has 1 N–H and O–H groups in total. The van der Waals surface area contributed by atoms with Gasteiger partial charge >= 0.3 is 0 Å². The van der Waals surface area contributed by atoms with Crippen LogP contribution in [0.4, 0.5) is 27.6 Å². The lowest BCUT2D eigenvalue weighted by Gasteiger charge is -2.09. The molecule has 0 aliphatic carbocycles. The van der Waals surface area contributed by atoms with Crippen molar-refractivity contribution >= 4 is 27.9 Å². The van der Waals surface area contributed by atoms with Crippen molar-refractivity contribution in [3.8, 4) is 10.6 Å². The number of carbonyl (C=O) groups is 1. The van der Waals surface area contributed by atoms with Gasteiger partial charge in [-0.3, -0.25) is 4.79 Å². The maximum absolute atomic E-state index is 13.8. The Balaban J connectivity index is 1.58. The smallest absolute Gasteiger partial charge is 0.261 e. The minimum absolute atomic E-state index is 0.0902. The fourth-order valence-electron chi connectivity index (χ4n) is 2.85. The number of halogens is 5. The summed E-state index contributed by atoms with van der Waals surface area (Å²) >= 11 is 1.30. The number of hydrogen-bond donors (Lipinski definition) is 1. The minimum atomic E-state index is -2.33. The predicted octanol–water partition coefficient (Wildman–Crippen LogP) is 4.75. The summed E-state index contributed by atoms with van der Waals surface area (Å²) in [4.78, 5) is 12.7. The van der Waals surface area contributed by atoms with E-state index in [0.29, 0.717) is 22.0 Å². The highest BCUT2D eigenvalue weighted by atomic mass is 32.1. The molecule has 4 rings (SSSR count). The second-order valence-corrected chi connectivity index (χ2v) is 7.40. The number of carbonyl (C=O) groups excluding carboxylic acids is 1. The summed E-state index contributed by atoms with van der Waals surface area (Å²) in [5.74, 6) is -11.9. The lowest BCUT2D eigenvalue weighted by molar-refractivity contribution is 0.101. The molecule has 2 aromatic heterocycles. The van der Waals surface area contributed by atoms with Crippen molar-refractivity contribution in [2.45, 2.75) is 19.8 Å². The van der Waals surface area contributed by atoms with E-state index in [0.717, 1.165) is 12.2 Å². The zero-order valence-electron chi connectivity index (χ0n) is 15.7. The van der Waals surface area contributed by atoms with Gasteiger partial charge in [0.05, 0.1) is 0 Å². The molecule has 0 fully saturated rings. The molecule has 2 aromatic carbocycles. The number of benzene rings is 2. The van der Waals surface area contributed by atoms with Crippen LogP contribution in [0.1, 0.15) is 29.5 Å². The third-order valence-corrected chi connectivity index (χ3v) is 5.30. The van der Waals surface area contributed by atoms with Crippen LogP contribution in [0, 0.1) is 29.1 Å². The Kier molecular flexibility index (Phi) is 5.39. The summed E-state index contributed by atoms with van der Waals surface area (Å²) in [6, 6.07) is 5.99. The number of aryl methyl sites for hydroxylation is 1. The van der Waals surface area contributed by atoms with Gasteiger partial charge in [0, 0.05) is 17.7 Å². The van der Waals surface area contributed by atoms with Gasteiger partial charge in [-0.25, -0.2) is 22.0 Å². The molecule has 2 heterocycles. The molecule has 0 radical (unpaired) electrons. The summed E-state index contributed by atoms with van der Waals surface area (Å²) in [6.07, 6.45) is 1.60. The normalized spacial score (nSPS) is 11.3. The van der Waals surface area contributed by atoms with E-state index < -0.39 is 40.6 Å². The predicted molar refractivity (Wildman–Crippen MR) is 102 cm³/mol. The largest absolute Gasteiger partial charge is 0.322 e. The van der Waals surface area contributed by atoms with Gasteiger partial charge < -0.3 is 5.32 Å². The molecule has 1 amide bonds. The van der Waals surface area contributed by atoms with Crippen molar-refractivity contribution in [1.82, 2.24) is 19.8 Å². The van der Waals surface area contributed by atoms with Gasteiger partial charge in [-0.2, -0.15) is 9.61 Å². The van der Waals surface area contributed by atoms with Crippen LogP contribution >= 0.6 is 11.3 Å². The van der Waals surface area contributed by atoms with E-state index in [4.69, 9.17) is 0 Å². The minimum Gasteiger partial charge on any atom is -0.322 e. The number of nitrogens with one attached hydrogen (secondary N) is 1. The molecule has 160 valence electrons. The number of hydrogen-bond acceptors (Lipinski definition) is 5. The summed E-state index contributed by atoms with van der Waals surface area (Å²) in [5, 5.41) is 15.3. The Hall–Kier alpha value is -3.41. The molecule has 0 bridgehead atoms. The first-order valence-corrected chi connectivity index (χ1v) is 9.77. The Bertz CT molecular complexity index is 1270. The van der Waals surface area contributed by atoms with Crippen LogP contribution in [-0.4, -0.2) is 25.7 Å². The second kappa shape index (κ2) is 8.02. The molecule has 0 aliphatic rings. The van der Waals surface area contributed by atoms with Gasteiger partial charge in [-0.15, -0.1) is 10.2 Å². The van der Waals surface area contributed by atoms with E-state index in [1.807, 2.05) is 6.92 Å². The number of rotatable bonds is 5. The van der Waals surface area contributed by atoms with E-state index in [1.165, 1.54) is 23.5 Å². The van der Waals surface area contributed by atoms with Gasteiger partial charge in [0.2, 0.25) is 10.8 Å². The molecule has 0 saturated carbocycles. The van der Waals surface area contributed by atoms with Gasteiger partial charge in [0.25, 0.3) is 5.91 Å². The molecule has 0 saturated heterocycles.